The molecule has 4 saturated carbocycles. The first kappa shape index (κ1) is 13.9. The smallest absolute Gasteiger partial charge is 0.0545 e. The molecule has 110 valence electrons. The average Bonchev–Trinajstić information content (AvgIpc) is 2.46. The van der Waals surface area contributed by atoms with E-state index < -0.39 is 0 Å². The standard InChI is InChI=1S/C16H26O.C2H6/c17-14-8-12-6-4-10-2-1-3-11-5-7-13(9-14)16(12)15(10)11;1-2/h10-17H,1-9H2;1-2H3. The van der Waals surface area contributed by atoms with Gasteiger partial charge in [-0.25, -0.2) is 0 Å². The predicted octanol–water partition coefficient (Wildman–Crippen LogP) is 4.64. The van der Waals surface area contributed by atoms with Crippen LogP contribution in [0.5, 0.6) is 0 Å². The van der Waals surface area contributed by atoms with Gasteiger partial charge in [0.1, 0.15) is 0 Å². The van der Waals surface area contributed by atoms with E-state index in [0.717, 1.165) is 48.3 Å². The molecule has 4 atom stereocenters. The number of hydrogen-bond donors (Lipinski definition) is 1. The summed E-state index contributed by atoms with van der Waals surface area (Å²) in [7, 11) is 0. The molecule has 0 saturated heterocycles. The number of aliphatic hydroxyl groups excluding tert-OH is 1. The van der Waals surface area contributed by atoms with Crippen LogP contribution >= 0.6 is 0 Å². The summed E-state index contributed by atoms with van der Waals surface area (Å²) in [5.41, 5.74) is 0. The van der Waals surface area contributed by atoms with Crippen molar-refractivity contribution in [2.24, 2.45) is 35.5 Å². The van der Waals surface area contributed by atoms with Crippen LogP contribution in [0.1, 0.15) is 71.6 Å². The lowest BCUT2D eigenvalue weighted by molar-refractivity contribution is -0.103. The molecule has 0 radical (unpaired) electrons. The van der Waals surface area contributed by atoms with E-state index in [1.165, 1.54) is 44.9 Å². The molecule has 4 fully saturated rings. The van der Waals surface area contributed by atoms with Crippen LogP contribution in [-0.4, -0.2) is 11.2 Å². The second kappa shape index (κ2) is 5.76. The average molecular weight is 264 g/mol. The lowest BCUT2D eigenvalue weighted by atomic mass is 9.48. The van der Waals surface area contributed by atoms with Crippen molar-refractivity contribution in [1.82, 2.24) is 0 Å². The van der Waals surface area contributed by atoms with Gasteiger partial charge in [0.05, 0.1) is 6.10 Å². The Balaban J connectivity index is 0.000000528. The molecule has 0 aromatic heterocycles. The molecule has 19 heavy (non-hydrogen) atoms. The van der Waals surface area contributed by atoms with Gasteiger partial charge < -0.3 is 5.11 Å². The summed E-state index contributed by atoms with van der Waals surface area (Å²) in [6.45, 7) is 4.00. The van der Waals surface area contributed by atoms with Crippen molar-refractivity contribution in [2.75, 3.05) is 0 Å². The highest BCUT2D eigenvalue weighted by Gasteiger charge is 2.52. The molecule has 4 aliphatic rings. The fraction of sp³-hybridized carbons (Fsp3) is 1.00. The topological polar surface area (TPSA) is 20.2 Å². The monoisotopic (exact) mass is 264 g/mol. The molecule has 4 rings (SSSR count). The Morgan fingerprint density at radius 3 is 1.58 bits per heavy atom. The zero-order chi connectivity index (χ0) is 13.4. The lowest BCUT2D eigenvalue weighted by Gasteiger charge is -2.58. The minimum atomic E-state index is 0.0398. The predicted molar refractivity (Wildman–Crippen MR) is 79.8 cm³/mol. The van der Waals surface area contributed by atoms with Crippen molar-refractivity contribution >= 4 is 0 Å². The molecule has 0 aliphatic heterocycles. The van der Waals surface area contributed by atoms with Crippen LogP contribution in [0.2, 0.25) is 0 Å². The van der Waals surface area contributed by atoms with Crippen molar-refractivity contribution < 1.29 is 5.11 Å². The first-order valence-corrected chi connectivity index (χ1v) is 9.01. The van der Waals surface area contributed by atoms with Gasteiger partial charge in [-0.15, -0.1) is 0 Å². The zero-order valence-corrected chi connectivity index (χ0v) is 12.9. The maximum absolute atomic E-state index is 10.1. The molecule has 1 nitrogen and oxygen atoms in total. The molecule has 4 aliphatic carbocycles. The highest BCUT2D eigenvalue weighted by atomic mass is 16.3. The highest BCUT2D eigenvalue weighted by molar-refractivity contribution is 5.01. The van der Waals surface area contributed by atoms with Crippen LogP contribution in [0.15, 0.2) is 0 Å². The van der Waals surface area contributed by atoms with E-state index in [1.807, 2.05) is 13.8 Å². The van der Waals surface area contributed by atoms with E-state index in [1.54, 1.807) is 0 Å². The van der Waals surface area contributed by atoms with E-state index in [2.05, 4.69) is 0 Å². The van der Waals surface area contributed by atoms with Gasteiger partial charge >= 0.3 is 0 Å². The molecule has 4 unspecified atom stereocenters. The van der Waals surface area contributed by atoms with Gasteiger partial charge in [0.25, 0.3) is 0 Å². The molecule has 1 N–H and O–H groups in total. The van der Waals surface area contributed by atoms with Crippen molar-refractivity contribution in [1.29, 1.82) is 0 Å². The van der Waals surface area contributed by atoms with Crippen LogP contribution in [0.4, 0.5) is 0 Å². The second-order valence-electron chi connectivity index (χ2n) is 7.41. The first-order chi connectivity index (χ1) is 9.33. The van der Waals surface area contributed by atoms with Crippen LogP contribution in [-0.2, 0) is 0 Å². The molecular formula is C18H32O. The van der Waals surface area contributed by atoms with E-state index in [-0.39, 0.29) is 6.10 Å². The third-order valence-corrected chi connectivity index (χ3v) is 6.74. The Hall–Kier alpha value is -0.0400. The number of rotatable bonds is 0. The third kappa shape index (κ3) is 2.37. The maximum atomic E-state index is 10.1. The minimum Gasteiger partial charge on any atom is -0.393 e. The van der Waals surface area contributed by atoms with Crippen LogP contribution in [0, 0.1) is 35.5 Å². The van der Waals surface area contributed by atoms with Crippen molar-refractivity contribution in [3.8, 4) is 0 Å². The molecule has 0 aromatic carbocycles. The number of aliphatic hydroxyl groups is 1. The fourth-order valence-electron chi connectivity index (χ4n) is 6.31. The first-order valence-electron chi connectivity index (χ1n) is 9.01. The molecule has 0 bridgehead atoms. The van der Waals surface area contributed by atoms with Gasteiger partial charge in [0.2, 0.25) is 0 Å². The summed E-state index contributed by atoms with van der Waals surface area (Å²) in [6, 6.07) is 0. The zero-order valence-electron chi connectivity index (χ0n) is 12.9. The molecule has 0 amide bonds. The van der Waals surface area contributed by atoms with Crippen LogP contribution in [0.3, 0.4) is 0 Å². The third-order valence-electron chi connectivity index (χ3n) is 6.74. The maximum Gasteiger partial charge on any atom is 0.0545 e. The molecule has 0 heterocycles. The Bertz CT molecular complexity index is 274. The Morgan fingerprint density at radius 2 is 1.05 bits per heavy atom. The van der Waals surface area contributed by atoms with Gasteiger partial charge in [-0.05, 0) is 74.0 Å². The quantitative estimate of drug-likeness (QED) is 0.676. The Kier molecular flexibility index (Phi) is 4.22. The summed E-state index contributed by atoms with van der Waals surface area (Å²) in [5.74, 6) is 6.04. The van der Waals surface area contributed by atoms with Gasteiger partial charge in [-0.3, -0.25) is 0 Å². The van der Waals surface area contributed by atoms with Gasteiger partial charge in [-0.2, -0.15) is 0 Å². The lowest BCUT2D eigenvalue weighted by Crippen LogP contribution is -2.51. The largest absolute Gasteiger partial charge is 0.393 e. The second-order valence-corrected chi connectivity index (χ2v) is 7.41. The van der Waals surface area contributed by atoms with Crippen molar-refractivity contribution in [3.63, 3.8) is 0 Å². The van der Waals surface area contributed by atoms with Crippen LogP contribution in [0.25, 0.3) is 0 Å². The van der Waals surface area contributed by atoms with Gasteiger partial charge in [0.15, 0.2) is 0 Å². The van der Waals surface area contributed by atoms with Crippen LogP contribution < -0.4 is 0 Å². The molecular weight excluding hydrogens is 232 g/mol. The molecule has 0 spiro atoms. The van der Waals surface area contributed by atoms with Crippen molar-refractivity contribution in [2.45, 2.75) is 77.7 Å². The molecule has 1 heteroatoms. The Labute approximate surface area is 119 Å². The van der Waals surface area contributed by atoms with E-state index in [9.17, 15) is 5.11 Å². The van der Waals surface area contributed by atoms with Gasteiger partial charge in [-0.1, -0.05) is 33.1 Å². The summed E-state index contributed by atoms with van der Waals surface area (Å²) < 4.78 is 0. The SMILES string of the molecule is CC.OC1CC2CCC3CCCC4CCC(C1)C2C34. The summed E-state index contributed by atoms with van der Waals surface area (Å²) in [4.78, 5) is 0. The number of hydrogen-bond acceptors (Lipinski definition) is 1. The minimum absolute atomic E-state index is 0.0398. The fourth-order valence-corrected chi connectivity index (χ4v) is 6.31. The summed E-state index contributed by atoms with van der Waals surface area (Å²) in [5, 5.41) is 10.1. The van der Waals surface area contributed by atoms with E-state index in [4.69, 9.17) is 0 Å². The van der Waals surface area contributed by atoms with Gasteiger partial charge in [0, 0.05) is 0 Å². The summed E-state index contributed by atoms with van der Waals surface area (Å²) in [6.07, 6.45) is 12.7. The normalized spacial score (nSPS) is 51.6. The highest BCUT2D eigenvalue weighted by Crippen LogP contribution is 2.59. The van der Waals surface area contributed by atoms with E-state index in [0.29, 0.717) is 0 Å². The van der Waals surface area contributed by atoms with E-state index >= 15 is 0 Å². The Morgan fingerprint density at radius 1 is 0.632 bits per heavy atom. The van der Waals surface area contributed by atoms with Crippen molar-refractivity contribution in [3.05, 3.63) is 0 Å². The molecule has 0 aromatic rings. The summed E-state index contributed by atoms with van der Waals surface area (Å²) >= 11 is 0.